The molecular formula is C21H31N9. The minimum Gasteiger partial charge on any atom is -0.341 e. The van der Waals surface area contributed by atoms with Gasteiger partial charge in [-0.15, -0.1) is 0 Å². The highest BCUT2D eigenvalue weighted by molar-refractivity contribution is 5.48. The Balaban J connectivity index is 1.36. The van der Waals surface area contributed by atoms with Crippen molar-refractivity contribution in [3.05, 3.63) is 18.5 Å². The Morgan fingerprint density at radius 3 is 1.23 bits per heavy atom. The Labute approximate surface area is 178 Å². The van der Waals surface area contributed by atoms with Crippen LogP contribution in [0.1, 0.15) is 38.5 Å². The van der Waals surface area contributed by atoms with Crippen molar-refractivity contribution in [2.24, 2.45) is 0 Å². The van der Waals surface area contributed by atoms with Crippen LogP contribution in [-0.4, -0.2) is 77.3 Å². The third-order valence-electron chi connectivity index (χ3n) is 6.28. The first kappa shape index (κ1) is 19.3. The third-order valence-corrected chi connectivity index (χ3v) is 6.28. The summed E-state index contributed by atoms with van der Waals surface area (Å²) in [5.74, 6) is 3.33. The van der Waals surface area contributed by atoms with Crippen LogP contribution in [0.3, 0.4) is 0 Å². The van der Waals surface area contributed by atoms with Gasteiger partial charge in [0.2, 0.25) is 23.8 Å². The maximum Gasteiger partial charge on any atom is 0.232 e. The molecule has 5 heterocycles. The Bertz CT molecular complexity index is 774. The normalized spacial score (nSPS) is 20.5. The number of piperidine rings is 2. The first-order chi connectivity index (χ1) is 14.9. The Morgan fingerprint density at radius 1 is 0.433 bits per heavy atom. The summed E-state index contributed by atoms with van der Waals surface area (Å²) in [4.78, 5) is 32.8. The van der Waals surface area contributed by atoms with Crippen LogP contribution in [0.5, 0.6) is 0 Å². The van der Waals surface area contributed by atoms with Crippen molar-refractivity contribution in [2.75, 3.05) is 72.0 Å². The molecule has 0 aliphatic carbocycles. The summed E-state index contributed by atoms with van der Waals surface area (Å²) in [7, 11) is 0. The third kappa shape index (κ3) is 4.24. The summed E-state index contributed by atoms with van der Waals surface area (Å²) in [6, 6.07) is 1.86. The first-order valence-electron chi connectivity index (χ1n) is 11.4. The quantitative estimate of drug-likeness (QED) is 0.753. The highest BCUT2D eigenvalue weighted by Crippen LogP contribution is 2.24. The average Bonchev–Trinajstić information content (AvgIpc) is 2.85. The molecular weight excluding hydrogens is 378 g/mol. The van der Waals surface area contributed by atoms with E-state index in [0.29, 0.717) is 0 Å². The maximum atomic E-state index is 4.93. The smallest absolute Gasteiger partial charge is 0.232 e. The summed E-state index contributed by atoms with van der Waals surface area (Å²) in [5.41, 5.74) is 0. The van der Waals surface area contributed by atoms with Gasteiger partial charge in [-0.1, -0.05) is 0 Å². The average molecular weight is 410 g/mol. The molecule has 0 atom stereocenters. The van der Waals surface area contributed by atoms with E-state index in [-0.39, 0.29) is 0 Å². The molecule has 3 saturated heterocycles. The van der Waals surface area contributed by atoms with Gasteiger partial charge in [0.1, 0.15) is 0 Å². The van der Waals surface area contributed by atoms with Crippen molar-refractivity contribution in [1.29, 1.82) is 0 Å². The van der Waals surface area contributed by atoms with E-state index in [1.807, 2.05) is 6.07 Å². The number of hydrogen-bond acceptors (Lipinski definition) is 9. The molecule has 0 saturated carbocycles. The van der Waals surface area contributed by atoms with Crippen LogP contribution in [0, 0.1) is 0 Å². The molecule has 0 amide bonds. The topological polar surface area (TPSA) is 77.4 Å². The van der Waals surface area contributed by atoms with Gasteiger partial charge in [-0.05, 0) is 44.6 Å². The fraction of sp³-hybridized carbons (Fsp3) is 0.667. The van der Waals surface area contributed by atoms with E-state index < -0.39 is 0 Å². The minimum atomic E-state index is 0.802. The zero-order valence-corrected chi connectivity index (χ0v) is 17.7. The van der Waals surface area contributed by atoms with Crippen molar-refractivity contribution >= 4 is 23.8 Å². The van der Waals surface area contributed by atoms with Crippen molar-refractivity contribution in [1.82, 2.24) is 24.9 Å². The maximum absolute atomic E-state index is 4.93. The molecule has 0 aromatic carbocycles. The van der Waals surface area contributed by atoms with Gasteiger partial charge >= 0.3 is 0 Å². The van der Waals surface area contributed by atoms with Crippen LogP contribution in [0.25, 0.3) is 0 Å². The number of nitrogens with zero attached hydrogens (tertiary/aromatic N) is 9. The van der Waals surface area contributed by atoms with Gasteiger partial charge in [0.15, 0.2) is 0 Å². The van der Waals surface area contributed by atoms with Gasteiger partial charge in [-0.3, -0.25) is 0 Å². The standard InChI is InChI=1S/C21H31N9/c1-3-10-27(11-4-1)19-24-20(28-12-5-2-6-13-28)26-21(25-19)30-16-14-29(15-17-30)18-22-8-7-9-23-18/h7-9H,1-6,10-17H2. The van der Waals surface area contributed by atoms with Gasteiger partial charge in [0.05, 0.1) is 0 Å². The monoisotopic (exact) mass is 409 g/mol. The predicted octanol–water partition coefficient (Wildman–Crippen LogP) is 1.97. The Morgan fingerprint density at radius 2 is 0.800 bits per heavy atom. The largest absolute Gasteiger partial charge is 0.341 e. The molecule has 9 heteroatoms. The lowest BCUT2D eigenvalue weighted by Crippen LogP contribution is -2.48. The number of piperazine rings is 1. The van der Waals surface area contributed by atoms with Gasteiger partial charge in [0.25, 0.3) is 0 Å². The summed E-state index contributed by atoms with van der Waals surface area (Å²) in [6.07, 6.45) is 11.1. The fourth-order valence-electron chi connectivity index (χ4n) is 4.52. The van der Waals surface area contributed by atoms with Crippen LogP contribution in [0.2, 0.25) is 0 Å². The Kier molecular flexibility index (Phi) is 5.76. The van der Waals surface area contributed by atoms with Crippen LogP contribution >= 0.6 is 0 Å². The molecule has 0 unspecified atom stereocenters. The number of aromatic nitrogens is 5. The lowest BCUT2D eigenvalue weighted by atomic mass is 10.1. The molecule has 2 aromatic heterocycles. The van der Waals surface area contributed by atoms with Crippen LogP contribution in [0.4, 0.5) is 23.8 Å². The van der Waals surface area contributed by atoms with Gasteiger partial charge in [-0.25, -0.2) is 9.97 Å². The van der Waals surface area contributed by atoms with Crippen molar-refractivity contribution in [2.45, 2.75) is 38.5 Å². The van der Waals surface area contributed by atoms with Crippen molar-refractivity contribution in [3.8, 4) is 0 Å². The van der Waals surface area contributed by atoms with E-state index in [4.69, 9.17) is 15.0 Å². The zero-order valence-electron chi connectivity index (χ0n) is 17.7. The van der Waals surface area contributed by atoms with Crippen molar-refractivity contribution < 1.29 is 0 Å². The van der Waals surface area contributed by atoms with Gasteiger partial charge < -0.3 is 19.6 Å². The van der Waals surface area contributed by atoms with Crippen LogP contribution in [0.15, 0.2) is 18.5 Å². The van der Waals surface area contributed by atoms with Crippen molar-refractivity contribution in [3.63, 3.8) is 0 Å². The number of hydrogen-bond donors (Lipinski definition) is 0. The molecule has 0 spiro atoms. The lowest BCUT2D eigenvalue weighted by molar-refractivity contribution is 0.553. The summed E-state index contributed by atoms with van der Waals surface area (Å²) >= 11 is 0. The molecule has 3 aliphatic rings. The molecule has 5 rings (SSSR count). The highest BCUT2D eigenvalue weighted by atomic mass is 15.4. The van der Waals surface area contributed by atoms with E-state index in [0.717, 1.165) is 76.2 Å². The second-order valence-electron chi connectivity index (χ2n) is 8.35. The van der Waals surface area contributed by atoms with E-state index in [9.17, 15) is 0 Å². The van der Waals surface area contributed by atoms with Gasteiger partial charge in [0, 0.05) is 64.8 Å². The van der Waals surface area contributed by atoms with E-state index in [1.54, 1.807) is 12.4 Å². The first-order valence-corrected chi connectivity index (χ1v) is 11.4. The highest BCUT2D eigenvalue weighted by Gasteiger charge is 2.25. The van der Waals surface area contributed by atoms with Crippen LogP contribution < -0.4 is 19.6 Å². The van der Waals surface area contributed by atoms with Gasteiger partial charge in [-0.2, -0.15) is 15.0 Å². The molecule has 3 fully saturated rings. The number of anilines is 4. The summed E-state index contributed by atoms with van der Waals surface area (Å²) in [5, 5.41) is 0. The van der Waals surface area contributed by atoms with E-state index in [1.165, 1.54) is 38.5 Å². The van der Waals surface area contributed by atoms with E-state index in [2.05, 4.69) is 29.6 Å². The zero-order chi connectivity index (χ0) is 20.2. The molecule has 9 nitrogen and oxygen atoms in total. The molecule has 0 radical (unpaired) electrons. The number of rotatable bonds is 4. The summed E-state index contributed by atoms with van der Waals surface area (Å²) < 4.78 is 0. The molecule has 30 heavy (non-hydrogen) atoms. The fourth-order valence-corrected chi connectivity index (χ4v) is 4.52. The molecule has 2 aromatic rings. The molecule has 3 aliphatic heterocycles. The molecule has 160 valence electrons. The Hall–Kier alpha value is -2.71. The van der Waals surface area contributed by atoms with Crippen LogP contribution in [-0.2, 0) is 0 Å². The van der Waals surface area contributed by atoms with E-state index >= 15 is 0 Å². The lowest BCUT2D eigenvalue weighted by Gasteiger charge is -2.36. The predicted molar refractivity (Wildman–Crippen MR) is 118 cm³/mol. The second-order valence-corrected chi connectivity index (χ2v) is 8.35. The SMILES string of the molecule is c1cnc(N2CCN(c3nc(N4CCCCC4)nc(N4CCCCC4)n3)CC2)nc1. The second kappa shape index (κ2) is 8.97. The molecule has 0 bridgehead atoms. The molecule has 0 N–H and O–H groups in total. The summed E-state index contributed by atoms with van der Waals surface area (Å²) in [6.45, 7) is 7.64. The minimum absolute atomic E-state index is 0.802.